The molecule has 1 saturated heterocycles. The minimum absolute atomic E-state index is 0.172. The van der Waals surface area contributed by atoms with Crippen molar-refractivity contribution < 1.29 is 17.6 Å². The van der Waals surface area contributed by atoms with Crippen LogP contribution in [-0.4, -0.2) is 59.5 Å². The summed E-state index contributed by atoms with van der Waals surface area (Å²) in [5.74, 6) is -0.509. The third-order valence-corrected chi connectivity index (χ3v) is 8.71. The lowest BCUT2D eigenvalue weighted by molar-refractivity contribution is 0.0697. The lowest BCUT2D eigenvalue weighted by atomic mass is 10.1. The molecule has 164 valence electrons. The van der Waals surface area contributed by atoms with Gasteiger partial charge >= 0.3 is 0 Å². The molecule has 0 bridgehead atoms. The molecule has 0 N–H and O–H groups in total. The van der Waals surface area contributed by atoms with Gasteiger partial charge in [0.2, 0.25) is 0 Å². The summed E-state index contributed by atoms with van der Waals surface area (Å²) in [4.78, 5) is 15.8. The molecule has 0 aliphatic carbocycles. The molecule has 10 heteroatoms. The molecule has 1 aliphatic rings. The predicted molar refractivity (Wildman–Crippen MR) is 117 cm³/mol. The molecule has 2 aromatic heterocycles. The monoisotopic (exact) mass is 462 g/mol. The van der Waals surface area contributed by atoms with E-state index in [2.05, 4.69) is 5.10 Å². The fourth-order valence-electron chi connectivity index (χ4n) is 3.68. The minimum Gasteiger partial charge on any atom is -0.336 e. The van der Waals surface area contributed by atoms with Crippen molar-refractivity contribution >= 4 is 27.3 Å². The number of nitrogens with zero attached hydrogens (tertiary/aromatic N) is 4. The first-order valence-corrected chi connectivity index (χ1v) is 12.3. The summed E-state index contributed by atoms with van der Waals surface area (Å²) in [6.07, 6.45) is 2.10. The number of piperazine rings is 1. The number of carbonyl (C=O) groups is 1. The van der Waals surface area contributed by atoms with Crippen molar-refractivity contribution in [3.63, 3.8) is 0 Å². The molecule has 4 rings (SSSR count). The van der Waals surface area contributed by atoms with E-state index in [1.165, 1.54) is 34.0 Å². The van der Waals surface area contributed by atoms with E-state index in [-0.39, 0.29) is 24.8 Å². The first-order chi connectivity index (χ1) is 14.8. The fourth-order valence-corrected chi connectivity index (χ4v) is 6.54. The predicted octanol–water partition coefficient (Wildman–Crippen LogP) is 3.09. The molecule has 1 aliphatic heterocycles. The number of thiophene rings is 1. The topological polar surface area (TPSA) is 75.5 Å². The molecular weight excluding hydrogens is 439 g/mol. The number of halogens is 1. The second kappa shape index (κ2) is 8.52. The van der Waals surface area contributed by atoms with Crippen molar-refractivity contribution in [2.45, 2.75) is 24.5 Å². The van der Waals surface area contributed by atoms with Gasteiger partial charge in [0, 0.05) is 31.1 Å². The Morgan fingerprint density at radius 2 is 1.77 bits per heavy atom. The van der Waals surface area contributed by atoms with Gasteiger partial charge < -0.3 is 4.90 Å². The van der Waals surface area contributed by atoms with Crippen LogP contribution >= 0.6 is 11.3 Å². The van der Waals surface area contributed by atoms with Gasteiger partial charge in [-0.05, 0) is 49.7 Å². The van der Waals surface area contributed by atoms with E-state index in [0.29, 0.717) is 35.0 Å². The number of rotatable bonds is 5. The number of carbonyl (C=O) groups excluding carboxylic acids is 1. The van der Waals surface area contributed by atoms with E-state index in [1.54, 1.807) is 33.8 Å². The summed E-state index contributed by atoms with van der Waals surface area (Å²) < 4.78 is 42.3. The first-order valence-electron chi connectivity index (χ1n) is 10.00. The van der Waals surface area contributed by atoms with Gasteiger partial charge in [0.05, 0.1) is 23.1 Å². The average molecular weight is 463 g/mol. The van der Waals surface area contributed by atoms with Crippen molar-refractivity contribution in [2.24, 2.45) is 0 Å². The van der Waals surface area contributed by atoms with Crippen LogP contribution < -0.4 is 0 Å². The number of sulfonamides is 1. The van der Waals surface area contributed by atoms with Gasteiger partial charge in [-0.2, -0.15) is 9.40 Å². The molecule has 0 saturated carbocycles. The van der Waals surface area contributed by atoms with E-state index in [4.69, 9.17) is 0 Å². The Bertz CT molecular complexity index is 1190. The molecule has 31 heavy (non-hydrogen) atoms. The van der Waals surface area contributed by atoms with E-state index in [0.717, 1.165) is 10.6 Å². The summed E-state index contributed by atoms with van der Waals surface area (Å²) >= 11 is 1.25. The van der Waals surface area contributed by atoms with Crippen LogP contribution in [0.1, 0.15) is 27.9 Å². The van der Waals surface area contributed by atoms with Gasteiger partial charge in [-0.15, -0.1) is 11.3 Å². The molecule has 3 aromatic rings. The second-order valence-corrected chi connectivity index (χ2v) is 10.8. The van der Waals surface area contributed by atoms with Gasteiger partial charge in [-0.1, -0.05) is 6.92 Å². The number of benzene rings is 1. The third-order valence-electron chi connectivity index (χ3n) is 5.34. The van der Waals surface area contributed by atoms with Crippen molar-refractivity contribution in [3.05, 3.63) is 64.5 Å². The van der Waals surface area contributed by atoms with Gasteiger partial charge in [0.1, 0.15) is 10.0 Å². The van der Waals surface area contributed by atoms with Crippen molar-refractivity contribution in [2.75, 3.05) is 26.2 Å². The maximum Gasteiger partial charge on any atom is 0.257 e. The smallest absolute Gasteiger partial charge is 0.257 e. The molecule has 1 aromatic carbocycles. The van der Waals surface area contributed by atoms with E-state index < -0.39 is 10.0 Å². The van der Waals surface area contributed by atoms with Crippen LogP contribution in [-0.2, 0) is 16.4 Å². The highest BCUT2D eigenvalue weighted by atomic mass is 32.2. The van der Waals surface area contributed by atoms with Crippen LogP contribution in [0.3, 0.4) is 0 Å². The molecule has 3 heterocycles. The highest BCUT2D eigenvalue weighted by Gasteiger charge is 2.32. The zero-order valence-corrected chi connectivity index (χ0v) is 18.9. The number of hydrogen-bond acceptors (Lipinski definition) is 5. The second-order valence-electron chi connectivity index (χ2n) is 7.31. The summed E-state index contributed by atoms with van der Waals surface area (Å²) in [5.41, 5.74) is 1.90. The average Bonchev–Trinajstić information content (AvgIpc) is 3.40. The van der Waals surface area contributed by atoms with E-state index in [1.807, 2.05) is 13.8 Å². The Hall–Kier alpha value is -2.56. The molecule has 1 amide bonds. The maximum absolute atomic E-state index is 13.2. The first kappa shape index (κ1) is 21.7. The molecule has 1 fully saturated rings. The largest absolute Gasteiger partial charge is 0.336 e. The number of aromatic nitrogens is 2. The molecule has 0 spiro atoms. The van der Waals surface area contributed by atoms with Gasteiger partial charge in [-0.25, -0.2) is 17.5 Å². The highest BCUT2D eigenvalue weighted by Crippen LogP contribution is 2.26. The Morgan fingerprint density at radius 3 is 2.35 bits per heavy atom. The fraction of sp³-hybridized carbons (Fsp3) is 0.333. The van der Waals surface area contributed by atoms with Crippen LogP contribution in [0, 0.1) is 12.7 Å². The van der Waals surface area contributed by atoms with Gasteiger partial charge in [-0.3, -0.25) is 4.79 Å². The summed E-state index contributed by atoms with van der Waals surface area (Å²) in [7, 11) is -3.54. The SMILES string of the molecule is CCc1c(C(=O)N2CCN(S(=O)(=O)c3ccc(C)s3)CC2)cnn1-c1ccc(F)cc1. The van der Waals surface area contributed by atoms with Gasteiger partial charge in [0.15, 0.2) is 0 Å². The van der Waals surface area contributed by atoms with E-state index in [9.17, 15) is 17.6 Å². The minimum atomic E-state index is -3.54. The van der Waals surface area contributed by atoms with Gasteiger partial charge in [0.25, 0.3) is 15.9 Å². The molecule has 0 atom stereocenters. The summed E-state index contributed by atoms with van der Waals surface area (Å²) in [6, 6.07) is 9.36. The molecule has 0 unspecified atom stereocenters. The Morgan fingerprint density at radius 1 is 1.10 bits per heavy atom. The Kier molecular flexibility index (Phi) is 5.96. The Labute approximate surface area is 184 Å². The number of aryl methyl sites for hydroxylation is 1. The van der Waals surface area contributed by atoms with Crippen LogP contribution in [0.5, 0.6) is 0 Å². The number of amides is 1. The third kappa shape index (κ3) is 4.15. The highest BCUT2D eigenvalue weighted by molar-refractivity contribution is 7.91. The van der Waals surface area contributed by atoms with Crippen LogP contribution in [0.4, 0.5) is 4.39 Å². The Balaban J connectivity index is 1.50. The molecule has 0 radical (unpaired) electrons. The standard InChI is InChI=1S/C21H23FN4O3S2/c1-3-19-18(14-23-26(19)17-7-5-16(22)6-8-17)21(27)24-10-12-25(13-11-24)31(28,29)20-9-4-15(2)30-20/h4-9,14H,3,10-13H2,1-2H3. The zero-order valence-electron chi connectivity index (χ0n) is 17.3. The quantitative estimate of drug-likeness (QED) is 0.584. The molecular formula is C21H23FN4O3S2. The summed E-state index contributed by atoms with van der Waals surface area (Å²) in [5, 5.41) is 4.34. The number of hydrogen-bond donors (Lipinski definition) is 0. The van der Waals surface area contributed by atoms with Crippen LogP contribution in [0.15, 0.2) is 46.8 Å². The maximum atomic E-state index is 13.2. The molecule has 7 nitrogen and oxygen atoms in total. The lowest BCUT2D eigenvalue weighted by Crippen LogP contribution is -2.50. The normalized spacial score (nSPS) is 15.4. The summed E-state index contributed by atoms with van der Waals surface area (Å²) in [6.45, 7) is 4.93. The van der Waals surface area contributed by atoms with E-state index >= 15 is 0 Å². The zero-order chi connectivity index (χ0) is 22.2. The van der Waals surface area contributed by atoms with Crippen LogP contribution in [0.25, 0.3) is 5.69 Å². The lowest BCUT2D eigenvalue weighted by Gasteiger charge is -2.33. The van der Waals surface area contributed by atoms with Crippen molar-refractivity contribution in [1.82, 2.24) is 19.0 Å². The van der Waals surface area contributed by atoms with Crippen LogP contribution in [0.2, 0.25) is 0 Å². The van der Waals surface area contributed by atoms with Crippen molar-refractivity contribution in [1.29, 1.82) is 0 Å². The van der Waals surface area contributed by atoms with Crippen molar-refractivity contribution in [3.8, 4) is 5.69 Å².